The van der Waals surface area contributed by atoms with E-state index in [1.54, 1.807) is 17.0 Å². The average molecular weight is 338 g/mol. The van der Waals surface area contributed by atoms with Crippen LogP contribution in [0, 0.1) is 5.92 Å². The van der Waals surface area contributed by atoms with Crippen LogP contribution in [0.5, 0.6) is 0 Å². The molecule has 1 saturated heterocycles. The van der Waals surface area contributed by atoms with Crippen molar-refractivity contribution in [3.8, 4) is 0 Å². The van der Waals surface area contributed by atoms with Crippen molar-refractivity contribution in [1.82, 2.24) is 4.90 Å². The third kappa shape index (κ3) is 4.03. The lowest BCUT2D eigenvalue weighted by Crippen LogP contribution is -2.28. The Morgan fingerprint density at radius 2 is 1.88 bits per heavy atom. The smallest absolute Gasteiger partial charge is 0.335 e. The predicted octanol–water partition coefficient (Wildman–Crippen LogP) is 2.37. The number of rotatable bonds is 5. The number of carbonyl (C=O) groups excluding carboxylic acids is 2. The highest BCUT2D eigenvalue weighted by atomic mass is 16.4. The molecule has 25 heavy (non-hydrogen) atoms. The Hall–Kier alpha value is -3.15. The number of carboxylic acids is 1. The summed E-state index contributed by atoms with van der Waals surface area (Å²) < 4.78 is 0. The van der Waals surface area contributed by atoms with Crippen LogP contribution in [0.1, 0.15) is 22.3 Å². The van der Waals surface area contributed by atoms with Gasteiger partial charge in [0.15, 0.2) is 0 Å². The molecule has 2 amide bonds. The summed E-state index contributed by atoms with van der Waals surface area (Å²) in [5, 5.41) is 11.7. The van der Waals surface area contributed by atoms with Gasteiger partial charge < -0.3 is 15.3 Å². The maximum atomic E-state index is 12.4. The molecule has 3 rings (SSSR count). The van der Waals surface area contributed by atoms with Crippen LogP contribution in [-0.2, 0) is 16.1 Å². The topological polar surface area (TPSA) is 86.7 Å². The van der Waals surface area contributed by atoms with Gasteiger partial charge in [-0.1, -0.05) is 36.4 Å². The van der Waals surface area contributed by atoms with E-state index in [9.17, 15) is 14.4 Å². The van der Waals surface area contributed by atoms with E-state index in [4.69, 9.17) is 5.11 Å². The van der Waals surface area contributed by atoms with Gasteiger partial charge in [-0.15, -0.1) is 0 Å². The van der Waals surface area contributed by atoms with Crippen molar-refractivity contribution in [2.75, 3.05) is 11.9 Å². The summed E-state index contributed by atoms with van der Waals surface area (Å²) in [6.45, 7) is 0.843. The second-order valence-electron chi connectivity index (χ2n) is 6.04. The van der Waals surface area contributed by atoms with Gasteiger partial charge in [0, 0.05) is 25.2 Å². The first-order valence-electron chi connectivity index (χ1n) is 7.99. The average Bonchev–Trinajstić information content (AvgIpc) is 2.97. The molecule has 1 atom stereocenters. The first-order chi connectivity index (χ1) is 12.0. The quantitative estimate of drug-likeness (QED) is 0.876. The molecule has 0 bridgehead atoms. The van der Waals surface area contributed by atoms with Crippen molar-refractivity contribution in [2.45, 2.75) is 13.0 Å². The zero-order valence-electron chi connectivity index (χ0n) is 13.5. The Balaban J connectivity index is 1.63. The van der Waals surface area contributed by atoms with Gasteiger partial charge in [-0.05, 0) is 23.8 Å². The van der Waals surface area contributed by atoms with Crippen molar-refractivity contribution in [1.29, 1.82) is 0 Å². The third-order valence-electron chi connectivity index (χ3n) is 4.18. The number of nitrogens with one attached hydrogen (secondary N) is 1. The fourth-order valence-corrected chi connectivity index (χ4v) is 2.88. The van der Waals surface area contributed by atoms with Gasteiger partial charge in [0.25, 0.3) is 0 Å². The molecule has 128 valence electrons. The molecule has 0 aliphatic carbocycles. The van der Waals surface area contributed by atoms with Gasteiger partial charge >= 0.3 is 5.97 Å². The Morgan fingerprint density at radius 1 is 1.12 bits per heavy atom. The Morgan fingerprint density at radius 3 is 2.60 bits per heavy atom. The van der Waals surface area contributed by atoms with Crippen LogP contribution in [-0.4, -0.2) is 34.3 Å². The number of aromatic carboxylic acids is 1. The highest BCUT2D eigenvalue weighted by molar-refractivity contribution is 5.98. The van der Waals surface area contributed by atoms with E-state index in [0.717, 1.165) is 5.56 Å². The second-order valence-corrected chi connectivity index (χ2v) is 6.04. The maximum absolute atomic E-state index is 12.4. The van der Waals surface area contributed by atoms with Gasteiger partial charge in [-0.25, -0.2) is 4.79 Å². The van der Waals surface area contributed by atoms with Crippen LogP contribution < -0.4 is 5.32 Å². The lowest BCUT2D eigenvalue weighted by Gasteiger charge is -2.16. The van der Waals surface area contributed by atoms with Crippen molar-refractivity contribution in [3.63, 3.8) is 0 Å². The van der Waals surface area contributed by atoms with Crippen molar-refractivity contribution >= 4 is 23.5 Å². The first kappa shape index (κ1) is 16.7. The molecule has 0 radical (unpaired) electrons. The molecule has 0 aromatic heterocycles. The van der Waals surface area contributed by atoms with Gasteiger partial charge in [0.2, 0.25) is 11.8 Å². The van der Waals surface area contributed by atoms with Gasteiger partial charge in [0.1, 0.15) is 0 Å². The monoisotopic (exact) mass is 338 g/mol. The van der Waals surface area contributed by atoms with E-state index < -0.39 is 11.9 Å². The number of carboxylic acid groups (broad SMARTS) is 1. The fraction of sp³-hybridized carbons (Fsp3) is 0.211. The number of nitrogens with zero attached hydrogens (tertiary/aromatic N) is 1. The molecule has 0 saturated carbocycles. The van der Waals surface area contributed by atoms with E-state index in [1.807, 2.05) is 30.3 Å². The largest absolute Gasteiger partial charge is 0.478 e. The SMILES string of the molecule is O=C(O)c1cccc(NC(=O)[C@H]2CC(=O)N(Cc3ccccc3)C2)c1. The standard InChI is InChI=1S/C19H18N2O4/c22-17-10-15(12-21(17)11-13-5-2-1-3-6-13)18(23)20-16-8-4-7-14(9-16)19(24)25/h1-9,15H,10-12H2,(H,20,23)(H,24,25)/t15-/m0/s1. The molecule has 1 aliphatic heterocycles. The first-order valence-corrected chi connectivity index (χ1v) is 7.99. The van der Waals surface area contributed by atoms with Crippen LogP contribution in [0.25, 0.3) is 0 Å². The molecule has 2 aromatic rings. The maximum Gasteiger partial charge on any atom is 0.335 e. The summed E-state index contributed by atoms with van der Waals surface area (Å²) in [6, 6.07) is 15.7. The number of hydrogen-bond acceptors (Lipinski definition) is 3. The Bertz CT molecular complexity index is 804. The van der Waals surface area contributed by atoms with E-state index in [1.165, 1.54) is 12.1 Å². The third-order valence-corrected chi connectivity index (χ3v) is 4.18. The Labute approximate surface area is 145 Å². The van der Waals surface area contributed by atoms with Crippen molar-refractivity contribution in [2.24, 2.45) is 5.92 Å². The molecule has 2 N–H and O–H groups in total. The minimum Gasteiger partial charge on any atom is -0.478 e. The molecule has 6 heteroatoms. The number of amides is 2. The zero-order valence-corrected chi connectivity index (χ0v) is 13.5. The summed E-state index contributed by atoms with van der Waals surface area (Å²) >= 11 is 0. The highest BCUT2D eigenvalue weighted by Gasteiger charge is 2.34. The van der Waals surface area contributed by atoms with E-state index >= 15 is 0 Å². The predicted molar refractivity (Wildman–Crippen MR) is 92.0 cm³/mol. The molecule has 1 aliphatic rings. The lowest BCUT2D eigenvalue weighted by atomic mass is 10.1. The normalized spacial score (nSPS) is 16.7. The van der Waals surface area contributed by atoms with Crippen molar-refractivity contribution < 1.29 is 19.5 Å². The molecule has 1 heterocycles. The molecule has 2 aromatic carbocycles. The van der Waals surface area contributed by atoms with Crippen LogP contribution in [0.15, 0.2) is 54.6 Å². The summed E-state index contributed by atoms with van der Waals surface area (Å²) in [5.41, 5.74) is 1.54. The molecule has 6 nitrogen and oxygen atoms in total. The van der Waals surface area contributed by atoms with Crippen LogP contribution in [0.4, 0.5) is 5.69 Å². The fourth-order valence-electron chi connectivity index (χ4n) is 2.88. The van der Waals surface area contributed by atoms with Gasteiger partial charge in [0.05, 0.1) is 11.5 Å². The van der Waals surface area contributed by atoms with Crippen molar-refractivity contribution in [3.05, 3.63) is 65.7 Å². The number of benzene rings is 2. The van der Waals surface area contributed by atoms with Crippen LogP contribution in [0.3, 0.4) is 0 Å². The number of hydrogen-bond donors (Lipinski definition) is 2. The van der Waals surface area contributed by atoms with E-state index in [0.29, 0.717) is 18.8 Å². The highest BCUT2D eigenvalue weighted by Crippen LogP contribution is 2.22. The number of carbonyl (C=O) groups is 3. The molecular weight excluding hydrogens is 320 g/mol. The number of anilines is 1. The van der Waals surface area contributed by atoms with Gasteiger partial charge in [-0.2, -0.15) is 0 Å². The molecule has 0 unspecified atom stereocenters. The summed E-state index contributed by atoms with van der Waals surface area (Å²) in [4.78, 5) is 37.2. The minimum atomic E-state index is -1.05. The van der Waals surface area contributed by atoms with Gasteiger partial charge in [-0.3, -0.25) is 9.59 Å². The second kappa shape index (κ2) is 7.17. The minimum absolute atomic E-state index is 0.0525. The molecular formula is C19H18N2O4. The van der Waals surface area contributed by atoms with Crippen LogP contribution in [0.2, 0.25) is 0 Å². The van der Waals surface area contributed by atoms with E-state index in [2.05, 4.69) is 5.32 Å². The summed E-state index contributed by atoms with van der Waals surface area (Å²) in [7, 11) is 0. The van der Waals surface area contributed by atoms with Crippen LogP contribution >= 0.6 is 0 Å². The lowest BCUT2D eigenvalue weighted by molar-refractivity contribution is -0.128. The molecule has 1 fully saturated rings. The van der Waals surface area contributed by atoms with E-state index in [-0.39, 0.29) is 23.8 Å². The zero-order chi connectivity index (χ0) is 17.8. The molecule has 0 spiro atoms. The summed E-state index contributed by atoms with van der Waals surface area (Å²) in [5.74, 6) is -1.82. The summed E-state index contributed by atoms with van der Waals surface area (Å²) in [6.07, 6.45) is 0.164. The number of likely N-dealkylation sites (tertiary alicyclic amines) is 1. The Kier molecular flexibility index (Phi) is 4.79.